The molecule has 0 unspecified atom stereocenters. The molecule has 1 saturated heterocycles. The Morgan fingerprint density at radius 1 is 1.82 bits per heavy atom. The minimum absolute atomic E-state index is 0.117. The standard InChI is InChI=1S/C5H8N2O3S/c1-3-7(6-10)4(2-11-3)5(8)9/h3-4H,2H2,1H3,(H,8,9)/t3-,4+/m1/s1. The fourth-order valence-corrected chi connectivity index (χ4v) is 2.04. The van der Waals surface area contributed by atoms with Gasteiger partial charge in [0.15, 0.2) is 6.04 Å². The van der Waals surface area contributed by atoms with Crippen LogP contribution in [-0.2, 0) is 4.79 Å². The number of carboxylic acid groups (broad SMARTS) is 1. The summed E-state index contributed by atoms with van der Waals surface area (Å²) < 4.78 is 0. The van der Waals surface area contributed by atoms with E-state index in [0.29, 0.717) is 5.75 Å². The number of thioether (sulfide) groups is 1. The summed E-state index contributed by atoms with van der Waals surface area (Å²) in [5.74, 6) is -0.552. The lowest BCUT2D eigenvalue weighted by molar-refractivity contribution is -0.142. The molecule has 1 aliphatic heterocycles. The molecule has 5 nitrogen and oxygen atoms in total. The van der Waals surface area contributed by atoms with Gasteiger partial charge in [-0.2, -0.15) is 0 Å². The highest BCUT2D eigenvalue weighted by Crippen LogP contribution is 2.28. The van der Waals surface area contributed by atoms with Crippen molar-refractivity contribution >= 4 is 17.7 Å². The van der Waals surface area contributed by atoms with E-state index in [1.54, 1.807) is 6.92 Å². The van der Waals surface area contributed by atoms with E-state index in [-0.39, 0.29) is 5.37 Å². The van der Waals surface area contributed by atoms with Crippen LogP contribution < -0.4 is 0 Å². The molecule has 0 saturated carbocycles. The third-order valence-corrected chi connectivity index (χ3v) is 2.77. The zero-order chi connectivity index (χ0) is 8.43. The summed E-state index contributed by atoms with van der Waals surface area (Å²) >= 11 is 1.42. The first-order valence-corrected chi connectivity index (χ1v) is 4.17. The van der Waals surface area contributed by atoms with Crippen molar-refractivity contribution in [2.45, 2.75) is 18.3 Å². The van der Waals surface area contributed by atoms with Gasteiger partial charge in [-0.3, -0.25) is 0 Å². The Morgan fingerprint density at radius 3 is 2.82 bits per heavy atom. The van der Waals surface area contributed by atoms with Gasteiger partial charge in [-0.15, -0.1) is 16.7 Å². The van der Waals surface area contributed by atoms with Crippen molar-refractivity contribution in [1.29, 1.82) is 0 Å². The largest absolute Gasteiger partial charge is 0.480 e. The molecule has 0 radical (unpaired) electrons. The summed E-state index contributed by atoms with van der Waals surface area (Å²) in [6.45, 7) is 1.76. The SMILES string of the molecule is C[C@H]1SC[C@@H](C(=O)O)N1N=O. The Kier molecular flexibility index (Phi) is 2.33. The molecule has 0 bridgehead atoms. The van der Waals surface area contributed by atoms with Crippen molar-refractivity contribution in [3.63, 3.8) is 0 Å². The summed E-state index contributed by atoms with van der Waals surface area (Å²) in [4.78, 5) is 20.6. The topological polar surface area (TPSA) is 70.0 Å². The zero-order valence-electron chi connectivity index (χ0n) is 5.93. The quantitative estimate of drug-likeness (QED) is 0.621. The molecule has 0 spiro atoms. The molecule has 0 aliphatic carbocycles. The molecule has 2 atom stereocenters. The van der Waals surface area contributed by atoms with Gasteiger partial charge in [-0.1, -0.05) is 0 Å². The van der Waals surface area contributed by atoms with Crippen molar-refractivity contribution in [1.82, 2.24) is 5.01 Å². The number of nitrogens with zero attached hydrogens (tertiary/aromatic N) is 2. The molecule has 1 N–H and O–H groups in total. The lowest BCUT2D eigenvalue weighted by Crippen LogP contribution is -2.36. The molecule has 0 aromatic heterocycles. The van der Waals surface area contributed by atoms with Gasteiger partial charge in [-0.25, -0.2) is 9.80 Å². The first-order chi connectivity index (χ1) is 5.16. The molecule has 1 aliphatic rings. The molecule has 6 heteroatoms. The maximum Gasteiger partial charge on any atom is 0.329 e. The molecule has 0 aromatic rings. The van der Waals surface area contributed by atoms with Gasteiger partial charge in [0.1, 0.15) is 0 Å². The van der Waals surface area contributed by atoms with Crippen LogP contribution in [0, 0.1) is 4.91 Å². The lowest BCUT2D eigenvalue weighted by atomic mass is 10.3. The van der Waals surface area contributed by atoms with Gasteiger partial charge >= 0.3 is 5.97 Å². The van der Waals surface area contributed by atoms with Gasteiger partial charge in [0.05, 0.1) is 10.7 Å². The van der Waals surface area contributed by atoms with Gasteiger partial charge in [0.25, 0.3) is 0 Å². The van der Waals surface area contributed by atoms with Crippen LogP contribution >= 0.6 is 11.8 Å². The minimum Gasteiger partial charge on any atom is -0.480 e. The monoisotopic (exact) mass is 176 g/mol. The molecule has 0 amide bonds. The van der Waals surface area contributed by atoms with Gasteiger partial charge in [-0.05, 0) is 6.92 Å². The zero-order valence-corrected chi connectivity index (χ0v) is 6.74. The Hall–Kier alpha value is -0.780. The van der Waals surface area contributed by atoms with Crippen LogP contribution in [0.1, 0.15) is 6.92 Å². The van der Waals surface area contributed by atoms with Crippen LogP contribution in [0.25, 0.3) is 0 Å². The minimum atomic E-state index is -0.985. The summed E-state index contributed by atoms with van der Waals surface area (Å²) in [5, 5.41) is 12.2. The third kappa shape index (κ3) is 1.45. The first-order valence-electron chi connectivity index (χ1n) is 3.13. The predicted octanol–water partition coefficient (Wildman–Crippen LogP) is 0.516. The van der Waals surface area contributed by atoms with Crippen molar-refractivity contribution in [2.75, 3.05) is 5.75 Å². The van der Waals surface area contributed by atoms with E-state index in [2.05, 4.69) is 5.29 Å². The van der Waals surface area contributed by atoms with E-state index >= 15 is 0 Å². The molecule has 1 heterocycles. The summed E-state index contributed by atoms with van der Waals surface area (Å²) in [6.07, 6.45) is 0. The van der Waals surface area contributed by atoms with E-state index in [0.717, 1.165) is 5.01 Å². The number of nitroso groups, excluding NO2 is 1. The second-order valence-corrected chi connectivity index (χ2v) is 3.60. The Balaban J connectivity index is 2.68. The maximum atomic E-state index is 10.5. The van der Waals surface area contributed by atoms with Crippen molar-refractivity contribution in [3.8, 4) is 0 Å². The second kappa shape index (κ2) is 3.08. The normalized spacial score (nSPS) is 30.5. The number of carbonyl (C=O) groups is 1. The fourth-order valence-electron chi connectivity index (χ4n) is 0.944. The van der Waals surface area contributed by atoms with E-state index in [1.165, 1.54) is 11.8 Å². The first kappa shape index (κ1) is 8.32. The maximum absolute atomic E-state index is 10.5. The van der Waals surface area contributed by atoms with E-state index in [1.807, 2.05) is 0 Å². The fraction of sp³-hybridized carbons (Fsp3) is 0.800. The van der Waals surface area contributed by atoms with Crippen LogP contribution in [0.4, 0.5) is 0 Å². The highest BCUT2D eigenvalue weighted by molar-refractivity contribution is 8.00. The molecule has 0 aromatic carbocycles. The van der Waals surface area contributed by atoms with Gasteiger partial charge < -0.3 is 5.11 Å². The highest BCUT2D eigenvalue weighted by Gasteiger charge is 2.36. The second-order valence-electron chi connectivity index (χ2n) is 2.25. The summed E-state index contributed by atoms with van der Waals surface area (Å²) in [5.41, 5.74) is 0. The smallest absolute Gasteiger partial charge is 0.329 e. The van der Waals surface area contributed by atoms with Crippen molar-refractivity contribution < 1.29 is 9.90 Å². The number of hydrogen-bond donors (Lipinski definition) is 1. The number of carboxylic acids is 1. The van der Waals surface area contributed by atoms with Crippen LogP contribution in [0.3, 0.4) is 0 Å². The Labute approximate surface area is 67.7 Å². The number of aliphatic carboxylic acids is 1. The molecule has 62 valence electrons. The van der Waals surface area contributed by atoms with Crippen LogP contribution in [-0.4, -0.2) is 33.3 Å². The average molecular weight is 176 g/mol. The van der Waals surface area contributed by atoms with E-state index < -0.39 is 12.0 Å². The third-order valence-electron chi connectivity index (χ3n) is 1.57. The molecular formula is C5H8N2O3S. The predicted molar refractivity (Wildman–Crippen MR) is 41.0 cm³/mol. The van der Waals surface area contributed by atoms with E-state index in [9.17, 15) is 9.70 Å². The highest BCUT2D eigenvalue weighted by atomic mass is 32.2. The Bertz CT molecular complexity index is 187. The molecule has 1 fully saturated rings. The molecule has 11 heavy (non-hydrogen) atoms. The van der Waals surface area contributed by atoms with Crippen LogP contribution in [0.15, 0.2) is 5.29 Å². The van der Waals surface area contributed by atoms with Crippen molar-refractivity contribution in [3.05, 3.63) is 4.91 Å². The van der Waals surface area contributed by atoms with Crippen molar-refractivity contribution in [2.24, 2.45) is 5.29 Å². The Morgan fingerprint density at radius 2 is 2.45 bits per heavy atom. The molecule has 1 rings (SSSR count). The van der Waals surface area contributed by atoms with E-state index in [4.69, 9.17) is 5.11 Å². The van der Waals surface area contributed by atoms with Gasteiger partial charge in [0.2, 0.25) is 0 Å². The summed E-state index contributed by atoms with van der Waals surface area (Å²) in [7, 11) is 0. The number of hydrogen-bond acceptors (Lipinski definition) is 4. The lowest BCUT2D eigenvalue weighted by Gasteiger charge is -2.15. The van der Waals surface area contributed by atoms with Crippen LogP contribution in [0.2, 0.25) is 0 Å². The van der Waals surface area contributed by atoms with Crippen LogP contribution in [0.5, 0.6) is 0 Å². The number of rotatable bonds is 2. The average Bonchev–Trinajstić information content (AvgIpc) is 2.30. The molecular weight excluding hydrogens is 168 g/mol. The summed E-state index contributed by atoms with van der Waals surface area (Å²) in [6, 6.07) is -0.743. The van der Waals surface area contributed by atoms with Gasteiger partial charge in [0, 0.05) is 5.75 Å².